The van der Waals surface area contributed by atoms with Crippen LogP contribution in [0.1, 0.15) is 22.3 Å². The van der Waals surface area contributed by atoms with Gasteiger partial charge in [0.2, 0.25) is 0 Å². The van der Waals surface area contributed by atoms with Crippen molar-refractivity contribution in [3.8, 4) is 11.5 Å². The van der Waals surface area contributed by atoms with Gasteiger partial charge in [0, 0.05) is 12.4 Å². The summed E-state index contributed by atoms with van der Waals surface area (Å²) < 4.78 is 11.3. The minimum absolute atomic E-state index is 0.347. The maximum Gasteiger partial charge on any atom is 0.192 e. The van der Waals surface area contributed by atoms with Crippen LogP contribution in [-0.2, 0) is 0 Å². The lowest BCUT2D eigenvalue weighted by atomic mass is 10.2. The number of hydrogen-bond acceptors (Lipinski definition) is 5. The van der Waals surface area contributed by atoms with Crippen molar-refractivity contribution in [1.82, 2.24) is 9.97 Å². The smallest absolute Gasteiger partial charge is 0.192 e. The number of ether oxygens (including phenoxy) is 2. The van der Waals surface area contributed by atoms with Gasteiger partial charge in [0.05, 0.1) is 5.56 Å². The fraction of sp³-hybridized carbons (Fsp3) is 0.154. The fourth-order valence-corrected chi connectivity index (χ4v) is 1.72. The Bertz CT molecular complexity index is 569. The second-order valence-electron chi connectivity index (χ2n) is 3.86. The topological polar surface area (TPSA) is 61.3 Å². The molecule has 90 valence electrons. The molecule has 2 heterocycles. The third kappa shape index (κ3) is 1.90. The van der Waals surface area contributed by atoms with Crippen LogP contribution < -0.4 is 9.47 Å². The van der Waals surface area contributed by atoms with Gasteiger partial charge in [-0.3, -0.25) is 4.79 Å². The molecule has 0 saturated heterocycles. The van der Waals surface area contributed by atoms with Gasteiger partial charge in [-0.05, 0) is 12.1 Å². The van der Waals surface area contributed by atoms with Crippen molar-refractivity contribution in [2.24, 2.45) is 0 Å². The molecule has 0 N–H and O–H groups in total. The molecule has 1 atom stereocenters. The average Bonchev–Trinajstić information content (AvgIpc) is 2.47. The van der Waals surface area contributed by atoms with Crippen LogP contribution in [0.4, 0.5) is 0 Å². The second-order valence-corrected chi connectivity index (χ2v) is 3.86. The summed E-state index contributed by atoms with van der Waals surface area (Å²) in [5.41, 5.74) is 0.441. The highest BCUT2D eigenvalue weighted by atomic mass is 16.6. The number of para-hydroxylation sites is 2. The van der Waals surface area contributed by atoms with Gasteiger partial charge in [-0.2, -0.15) is 0 Å². The van der Waals surface area contributed by atoms with E-state index in [-0.39, 0.29) is 6.10 Å². The number of nitrogens with zero attached hydrogens (tertiary/aromatic N) is 2. The van der Waals surface area contributed by atoms with Crippen LogP contribution in [0, 0.1) is 0 Å². The Kier molecular flexibility index (Phi) is 2.64. The van der Waals surface area contributed by atoms with Gasteiger partial charge < -0.3 is 9.47 Å². The summed E-state index contributed by atoms with van der Waals surface area (Å²) in [5, 5.41) is 0. The highest BCUT2D eigenvalue weighted by Crippen LogP contribution is 2.34. The van der Waals surface area contributed by atoms with E-state index in [1.54, 1.807) is 0 Å². The van der Waals surface area contributed by atoms with E-state index >= 15 is 0 Å². The molecule has 2 aromatic rings. The van der Waals surface area contributed by atoms with Crippen LogP contribution >= 0.6 is 0 Å². The molecule has 1 aliphatic heterocycles. The molecule has 0 aliphatic carbocycles. The molecule has 5 heteroatoms. The third-order valence-electron chi connectivity index (χ3n) is 2.62. The molecule has 0 radical (unpaired) electrons. The number of hydrogen-bond donors (Lipinski definition) is 0. The molecule has 0 fully saturated rings. The van der Waals surface area contributed by atoms with Gasteiger partial charge in [-0.1, -0.05) is 12.1 Å². The molecule has 5 nitrogen and oxygen atoms in total. The largest absolute Gasteiger partial charge is 0.485 e. The first kappa shape index (κ1) is 10.7. The highest BCUT2D eigenvalue weighted by Gasteiger charge is 2.24. The Hall–Kier alpha value is -2.43. The maximum absolute atomic E-state index is 10.5. The molecule has 1 unspecified atom stereocenters. The molecule has 0 amide bonds. The van der Waals surface area contributed by atoms with Crippen molar-refractivity contribution < 1.29 is 14.3 Å². The lowest BCUT2D eigenvalue weighted by molar-refractivity contribution is 0.0849. The minimum Gasteiger partial charge on any atom is -0.485 e. The molecular formula is C13H10N2O3. The fourth-order valence-electron chi connectivity index (χ4n) is 1.72. The van der Waals surface area contributed by atoms with Crippen molar-refractivity contribution >= 4 is 6.29 Å². The predicted molar refractivity (Wildman–Crippen MR) is 62.7 cm³/mol. The van der Waals surface area contributed by atoms with Crippen LogP contribution in [0.15, 0.2) is 36.7 Å². The maximum atomic E-state index is 10.5. The van der Waals surface area contributed by atoms with Crippen molar-refractivity contribution in [2.75, 3.05) is 6.61 Å². The number of aromatic nitrogens is 2. The minimum atomic E-state index is -0.347. The summed E-state index contributed by atoms with van der Waals surface area (Å²) in [6.45, 7) is 0.359. The van der Waals surface area contributed by atoms with Gasteiger partial charge in [0.1, 0.15) is 6.61 Å². The van der Waals surface area contributed by atoms with Gasteiger partial charge in [-0.15, -0.1) is 0 Å². The van der Waals surface area contributed by atoms with E-state index in [0.717, 1.165) is 5.75 Å². The van der Waals surface area contributed by atoms with E-state index < -0.39 is 0 Å². The first-order valence-electron chi connectivity index (χ1n) is 5.52. The lowest BCUT2D eigenvalue weighted by Crippen LogP contribution is -2.23. The molecule has 0 bridgehead atoms. The third-order valence-corrected chi connectivity index (χ3v) is 2.62. The number of aldehydes is 1. The molecule has 18 heavy (non-hydrogen) atoms. The summed E-state index contributed by atoms with van der Waals surface area (Å²) >= 11 is 0. The molecule has 1 aromatic heterocycles. The van der Waals surface area contributed by atoms with Gasteiger partial charge in [0.25, 0.3) is 0 Å². The quantitative estimate of drug-likeness (QED) is 0.751. The summed E-state index contributed by atoms with van der Waals surface area (Å²) in [7, 11) is 0. The van der Waals surface area contributed by atoms with Crippen LogP contribution in [0.2, 0.25) is 0 Å². The van der Waals surface area contributed by atoms with Crippen molar-refractivity contribution in [2.45, 2.75) is 6.10 Å². The Morgan fingerprint density at radius 3 is 2.61 bits per heavy atom. The zero-order chi connectivity index (χ0) is 12.4. The number of carbonyl (C=O) groups excluding carboxylic acids is 1. The molecule has 1 aliphatic rings. The van der Waals surface area contributed by atoms with Gasteiger partial charge in [0.15, 0.2) is 29.7 Å². The van der Waals surface area contributed by atoms with Crippen LogP contribution in [0.5, 0.6) is 11.5 Å². The van der Waals surface area contributed by atoms with Crippen molar-refractivity contribution in [3.63, 3.8) is 0 Å². The predicted octanol–water partition coefficient (Wildman–Crippen LogP) is 1.80. The summed E-state index contributed by atoms with van der Waals surface area (Å²) in [4.78, 5) is 18.7. The Morgan fingerprint density at radius 2 is 1.89 bits per heavy atom. The number of benzene rings is 1. The molecule has 0 spiro atoms. The van der Waals surface area contributed by atoms with Crippen molar-refractivity contribution in [3.05, 3.63) is 48.0 Å². The van der Waals surface area contributed by atoms with Gasteiger partial charge in [-0.25, -0.2) is 9.97 Å². The summed E-state index contributed by atoms with van der Waals surface area (Å²) in [6.07, 6.45) is 3.30. The number of fused-ring (bicyclic) bond motifs is 1. The molecule has 1 aromatic carbocycles. The Labute approximate surface area is 103 Å². The molecule has 3 rings (SSSR count). The zero-order valence-electron chi connectivity index (χ0n) is 9.45. The van der Waals surface area contributed by atoms with Crippen LogP contribution in [-0.4, -0.2) is 22.9 Å². The average molecular weight is 242 g/mol. The van der Waals surface area contributed by atoms with E-state index in [9.17, 15) is 4.79 Å². The van der Waals surface area contributed by atoms with Crippen LogP contribution in [0.25, 0.3) is 0 Å². The van der Waals surface area contributed by atoms with Crippen molar-refractivity contribution in [1.29, 1.82) is 0 Å². The molecular weight excluding hydrogens is 232 g/mol. The first-order chi connectivity index (χ1) is 8.86. The monoisotopic (exact) mass is 242 g/mol. The lowest BCUT2D eigenvalue weighted by Gasteiger charge is -2.25. The number of carbonyl (C=O) groups is 1. The van der Waals surface area contributed by atoms with E-state index in [1.807, 2.05) is 24.3 Å². The van der Waals surface area contributed by atoms with E-state index in [2.05, 4.69) is 9.97 Å². The molecule has 0 saturated carbocycles. The SMILES string of the molecule is O=Cc1cnc(C2COc3ccccc3O2)nc1. The summed E-state index contributed by atoms with van der Waals surface area (Å²) in [5.74, 6) is 1.91. The van der Waals surface area contributed by atoms with Crippen LogP contribution in [0.3, 0.4) is 0 Å². The van der Waals surface area contributed by atoms with Gasteiger partial charge >= 0.3 is 0 Å². The van der Waals surface area contributed by atoms with E-state index in [1.165, 1.54) is 12.4 Å². The van der Waals surface area contributed by atoms with E-state index in [4.69, 9.17) is 9.47 Å². The normalized spacial score (nSPS) is 17.2. The Morgan fingerprint density at radius 1 is 1.17 bits per heavy atom. The standard InChI is InChI=1S/C13H10N2O3/c16-7-9-5-14-13(15-6-9)12-8-17-10-3-1-2-4-11(10)18-12/h1-7,12H,8H2. The second kappa shape index (κ2) is 4.44. The summed E-state index contributed by atoms with van der Waals surface area (Å²) in [6, 6.07) is 7.45. The number of rotatable bonds is 2. The first-order valence-corrected chi connectivity index (χ1v) is 5.52. The zero-order valence-corrected chi connectivity index (χ0v) is 9.45. The highest BCUT2D eigenvalue weighted by molar-refractivity contribution is 5.73. The van der Waals surface area contributed by atoms with E-state index in [0.29, 0.717) is 30.0 Å². The Balaban J connectivity index is 1.84.